The summed E-state index contributed by atoms with van der Waals surface area (Å²) in [5.74, 6) is 1.28. The van der Waals surface area contributed by atoms with E-state index >= 15 is 0 Å². The van der Waals surface area contributed by atoms with Crippen molar-refractivity contribution in [3.63, 3.8) is 0 Å². The maximum atomic E-state index is 12.1. The van der Waals surface area contributed by atoms with Gasteiger partial charge in [-0.05, 0) is 25.7 Å². The minimum absolute atomic E-state index is 0.375. The second-order valence-electron chi connectivity index (χ2n) is 6.04. The Balaban J connectivity index is 1.64. The summed E-state index contributed by atoms with van der Waals surface area (Å²) >= 11 is 0. The molecule has 0 aromatic rings. The lowest BCUT2D eigenvalue weighted by Crippen LogP contribution is -2.52. The van der Waals surface area contributed by atoms with Gasteiger partial charge in [-0.25, -0.2) is 0 Å². The molecule has 1 saturated carbocycles. The van der Waals surface area contributed by atoms with Gasteiger partial charge in [-0.1, -0.05) is 32.1 Å². The highest BCUT2D eigenvalue weighted by Gasteiger charge is 2.22. The molecule has 3 nitrogen and oxygen atoms in total. The fraction of sp³-hybridized carbons (Fsp3) is 0.933. The van der Waals surface area contributed by atoms with E-state index in [1.165, 1.54) is 38.5 Å². The second-order valence-corrected chi connectivity index (χ2v) is 6.04. The normalized spacial score (nSPS) is 26.3. The largest absolute Gasteiger partial charge is 0.337 e. The molecular formula is C15H28N2O. The van der Waals surface area contributed by atoms with Gasteiger partial charge in [0.2, 0.25) is 5.91 Å². The SMILES string of the molecule is CC1CNCCN1C(=O)CCCC1CCCCC1. The van der Waals surface area contributed by atoms with Crippen LogP contribution in [0.1, 0.15) is 58.3 Å². The van der Waals surface area contributed by atoms with Crippen LogP contribution in [0.2, 0.25) is 0 Å². The summed E-state index contributed by atoms with van der Waals surface area (Å²) < 4.78 is 0. The number of rotatable bonds is 4. The van der Waals surface area contributed by atoms with Crippen LogP contribution in [0.5, 0.6) is 0 Å². The quantitative estimate of drug-likeness (QED) is 0.834. The summed E-state index contributed by atoms with van der Waals surface area (Å²) in [4.78, 5) is 14.2. The number of piperazine rings is 1. The van der Waals surface area contributed by atoms with E-state index in [1.54, 1.807) is 0 Å². The Morgan fingerprint density at radius 1 is 1.28 bits per heavy atom. The Morgan fingerprint density at radius 2 is 2.06 bits per heavy atom. The maximum Gasteiger partial charge on any atom is 0.222 e. The molecule has 1 aliphatic carbocycles. The van der Waals surface area contributed by atoms with E-state index in [1.807, 2.05) is 0 Å². The smallest absolute Gasteiger partial charge is 0.222 e. The van der Waals surface area contributed by atoms with E-state index in [0.717, 1.165) is 38.4 Å². The summed E-state index contributed by atoms with van der Waals surface area (Å²) in [7, 11) is 0. The molecule has 0 aromatic heterocycles. The van der Waals surface area contributed by atoms with Gasteiger partial charge in [-0.2, -0.15) is 0 Å². The molecule has 1 saturated heterocycles. The van der Waals surface area contributed by atoms with E-state index < -0.39 is 0 Å². The molecule has 1 unspecified atom stereocenters. The zero-order valence-electron chi connectivity index (χ0n) is 11.8. The molecule has 0 spiro atoms. The first-order chi connectivity index (χ1) is 8.77. The van der Waals surface area contributed by atoms with Crippen LogP contribution in [0.15, 0.2) is 0 Å². The Kier molecular flexibility index (Phi) is 5.48. The molecule has 1 N–H and O–H groups in total. The Morgan fingerprint density at radius 3 is 2.78 bits per heavy atom. The average molecular weight is 252 g/mol. The van der Waals surface area contributed by atoms with Crippen molar-refractivity contribution in [3.8, 4) is 0 Å². The van der Waals surface area contributed by atoms with Crippen molar-refractivity contribution in [3.05, 3.63) is 0 Å². The molecule has 1 amide bonds. The van der Waals surface area contributed by atoms with Gasteiger partial charge < -0.3 is 10.2 Å². The first kappa shape index (κ1) is 13.9. The second kappa shape index (κ2) is 7.13. The van der Waals surface area contributed by atoms with E-state index in [2.05, 4.69) is 17.1 Å². The Hall–Kier alpha value is -0.570. The van der Waals surface area contributed by atoms with Crippen LogP contribution in [0.25, 0.3) is 0 Å². The summed E-state index contributed by atoms with van der Waals surface area (Å²) in [6, 6.07) is 0.376. The summed E-state index contributed by atoms with van der Waals surface area (Å²) in [6.45, 7) is 4.95. The first-order valence-electron chi connectivity index (χ1n) is 7.77. The third-order valence-corrected chi connectivity index (χ3v) is 4.55. The molecule has 104 valence electrons. The van der Waals surface area contributed by atoms with E-state index in [4.69, 9.17) is 0 Å². The molecule has 0 bridgehead atoms. The van der Waals surface area contributed by atoms with Crippen LogP contribution in [0, 0.1) is 5.92 Å². The highest BCUT2D eigenvalue weighted by atomic mass is 16.2. The van der Waals surface area contributed by atoms with Crippen molar-refractivity contribution in [1.82, 2.24) is 10.2 Å². The summed E-state index contributed by atoms with van der Waals surface area (Å²) in [5, 5.41) is 3.33. The lowest BCUT2D eigenvalue weighted by Gasteiger charge is -2.34. The van der Waals surface area contributed by atoms with Gasteiger partial charge in [0.15, 0.2) is 0 Å². The van der Waals surface area contributed by atoms with Crippen molar-refractivity contribution in [2.24, 2.45) is 5.92 Å². The molecule has 1 atom stereocenters. The highest BCUT2D eigenvalue weighted by Crippen LogP contribution is 2.27. The number of hydrogen-bond donors (Lipinski definition) is 1. The van der Waals surface area contributed by atoms with Crippen LogP contribution in [0.3, 0.4) is 0 Å². The van der Waals surface area contributed by atoms with E-state index in [-0.39, 0.29) is 0 Å². The van der Waals surface area contributed by atoms with Crippen LogP contribution in [0.4, 0.5) is 0 Å². The lowest BCUT2D eigenvalue weighted by molar-refractivity contribution is -0.134. The molecule has 3 heteroatoms. The minimum atomic E-state index is 0.375. The number of carbonyl (C=O) groups excluding carboxylic acids is 1. The molecule has 2 aliphatic rings. The third-order valence-electron chi connectivity index (χ3n) is 4.55. The third kappa shape index (κ3) is 3.98. The van der Waals surface area contributed by atoms with Gasteiger partial charge in [0.1, 0.15) is 0 Å². The van der Waals surface area contributed by atoms with Gasteiger partial charge in [-0.3, -0.25) is 4.79 Å². The minimum Gasteiger partial charge on any atom is -0.337 e. The summed E-state index contributed by atoms with van der Waals surface area (Å²) in [6.07, 6.45) is 10.2. The van der Waals surface area contributed by atoms with Crippen LogP contribution < -0.4 is 5.32 Å². The average Bonchev–Trinajstić information content (AvgIpc) is 2.40. The number of nitrogens with zero attached hydrogens (tertiary/aromatic N) is 1. The van der Waals surface area contributed by atoms with Crippen molar-refractivity contribution >= 4 is 5.91 Å². The highest BCUT2D eigenvalue weighted by molar-refractivity contribution is 5.76. The predicted octanol–water partition coefficient (Wildman–Crippen LogP) is 2.56. The molecule has 0 radical (unpaired) electrons. The first-order valence-corrected chi connectivity index (χ1v) is 7.77. The van der Waals surface area contributed by atoms with Crippen LogP contribution in [-0.2, 0) is 4.79 Å². The monoisotopic (exact) mass is 252 g/mol. The van der Waals surface area contributed by atoms with Crippen molar-refractivity contribution in [1.29, 1.82) is 0 Å². The molecule has 2 fully saturated rings. The Labute approximate surface area is 111 Å². The van der Waals surface area contributed by atoms with Gasteiger partial charge in [-0.15, -0.1) is 0 Å². The topological polar surface area (TPSA) is 32.3 Å². The number of amides is 1. The fourth-order valence-electron chi connectivity index (χ4n) is 3.37. The molecule has 1 heterocycles. The van der Waals surface area contributed by atoms with Gasteiger partial charge in [0.25, 0.3) is 0 Å². The van der Waals surface area contributed by atoms with Crippen molar-refractivity contribution in [2.45, 2.75) is 64.3 Å². The van der Waals surface area contributed by atoms with Crippen molar-refractivity contribution in [2.75, 3.05) is 19.6 Å². The number of nitrogens with one attached hydrogen (secondary N) is 1. The van der Waals surface area contributed by atoms with E-state index in [0.29, 0.717) is 11.9 Å². The Bertz CT molecular complexity index is 261. The lowest BCUT2D eigenvalue weighted by atomic mass is 9.86. The maximum absolute atomic E-state index is 12.1. The van der Waals surface area contributed by atoms with E-state index in [9.17, 15) is 4.79 Å². The molecule has 2 rings (SSSR count). The fourth-order valence-corrected chi connectivity index (χ4v) is 3.37. The molecule has 0 aromatic carbocycles. The van der Waals surface area contributed by atoms with Gasteiger partial charge in [0.05, 0.1) is 0 Å². The van der Waals surface area contributed by atoms with Crippen molar-refractivity contribution < 1.29 is 4.79 Å². The standard InChI is InChI=1S/C15H28N2O/c1-13-12-16-10-11-17(13)15(18)9-5-8-14-6-3-2-4-7-14/h13-14,16H,2-12H2,1H3. The van der Waals surface area contributed by atoms with Gasteiger partial charge >= 0.3 is 0 Å². The van der Waals surface area contributed by atoms with Crippen LogP contribution >= 0.6 is 0 Å². The predicted molar refractivity (Wildman–Crippen MR) is 74.5 cm³/mol. The molecule has 1 aliphatic heterocycles. The molecule has 18 heavy (non-hydrogen) atoms. The van der Waals surface area contributed by atoms with Crippen LogP contribution in [-0.4, -0.2) is 36.5 Å². The zero-order chi connectivity index (χ0) is 12.8. The van der Waals surface area contributed by atoms with Gasteiger partial charge in [0, 0.05) is 32.1 Å². The number of hydrogen-bond acceptors (Lipinski definition) is 2. The number of carbonyl (C=O) groups is 1. The molecular weight excluding hydrogens is 224 g/mol. The summed E-state index contributed by atoms with van der Waals surface area (Å²) in [5.41, 5.74) is 0. The zero-order valence-corrected chi connectivity index (χ0v) is 11.8.